The maximum absolute atomic E-state index is 12.2. The molecule has 0 bridgehead atoms. The summed E-state index contributed by atoms with van der Waals surface area (Å²) in [5.41, 5.74) is 0. The fraction of sp³-hybridized carbons (Fsp3) is 0.273. The predicted molar refractivity (Wildman–Crippen MR) is 76.5 cm³/mol. The molecule has 0 fully saturated rings. The molecule has 1 unspecified atom stereocenters. The van der Waals surface area contributed by atoms with Crippen LogP contribution in [0.2, 0.25) is 0 Å². The highest BCUT2D eigenvalue weighted by atomic mass is 32.2. The number of carboxylic acids is 1. The van der Waals surface area contributed by atoms with E-state index in [2.05, 4.69) is 9.71 Å². The number of aliphatic carboxylic acids is 1. The zero-order valence-corrected chi connectivity index (χ0v) is 12.9. The summed E-state index contributed by atoms with van der Waals surface area (Å²) in [7, 11) is -3.66. The van der Waals surface area contributed by atoms with Gasteiger partial charge in [-0.05, 0) is 19.1 Å². The summed E-state index contributed by atoms with van der Waals surface area (Å²) >= 11 is 2.33. The van der Waals surface area contributed by atoms with Crippen LogP contribution >= 0.6 is 22.7 Å². The molecule has 2 rings (SSSR count). The first-order valence-corrected chi connectivity index (χ1v) is 8.78. The fourth-order valence-electron chi connectivity index (χ4n) is 1.54. The number of nitrogens with zero attached hydrogens (tertiary/aromatic N) is 1. The zero-order chi connectivity index (χ0) is 14.8. The lowest BCUT2D eigenvalue weighted by atomic mass is 10.3. The van der Waals surface area contributed by atoms with Crippen molar-refractivity contribution in [2.75, 3.05) is 0 Å². The van der Waals surface area contributed by atoms with E-state index in [1.807, 2.05) is 0 Å². The minimum Gasteiger partial charge on any atom is -0.481 e. The van der Waals surface area contributed by atoms with Gasteiger partial charge in [-0.25, -0.2) is 18.1 Å². The van der Waals surface area contributed by atoms with Crippen molar-refractivity contribution in [3.8, 4) is 0 Å². The Morgan fingerprint density at radius 2 is 2.25 bits per heavy atom. The van der Waals surface area contributed by atoms with Crippen molar-refractivity contribution in [2.45, 2.75) is 23.6 Å². The van der Waals surface area contributed by atoms with Crippen LogP contribution in [-0.2, 0) is 21.2 Å². The van der Waals surface area contributed by atoms with Gasteiger partial charge in [-0.1, -0.05) is 0 Å². The molecular formula is C11H12N2O4S3. The van der Waals surface area contributed by atoms with Crippen LogP contribution in [0.5, 0.6) is 0 Å². The summed E-state index contributed by atoms with van der Waals surface area (Å²) in [6, 6.07) is 2.51. The van der Waals surface area contributed by atoms with Gasteiger partial charge in [0, 0.05) is 16.5 Å². The summed E-state index contributed by atoms with van der Waals surface area (Å²) in [6.45, 7) is 1.71. The topological polar surface area (TPSA) is 96.4 Å². The molecular weight excluding hydrogens is 320 g/mol. The number of aromatic nitrogens is 1. The molecule has 0 spiro atoms. The van der Waals surface area contributed by atoms with Crippen molar-refractivity contribution < 1.29 is 18.3 Å². The Kier molecular flexibility index (Phi) is 4.53. The summed E-state index contributed by atoms with van der Waals surface area (Å²) in [6.07, 6.45) is 1.43. The molecule has 2 N–H and O–H groups in total. The van der Waals surface area contributed by atoms with Gasteiger partial charge in [0.05, 0.1) is 12.5 Å². The summed E-state index contributed by atoms with van der Waals surface area (Å²) in [5, 5.41) is 11.1. The van der Waals surface area contributed by atoms with Gasteiger partial charge in [-0.3, -0.25) is 4.79 Å². The molecule has 0 saturated heterocycles. The van der Waals surface area contributed by atoms with Crippen molar-refractivity contribution in [3.05, 3.63) is 33.6 Å². The molecule has 0 aliphatic heterocycles. The lowest BCUT2D eigenvalue weighted by Crippen LogP contribution is -2.26. The molecule has 2 aromatic heterocycles. The largest absolute Gasteiger partial charge is 0.481 e. The molecule has 2 aromatic rings. The number of hydrogen-bond donors (Lipinski definition) is 2. The molecule has 0 aliphatic carbocycles. The average molecular weight is 332 g/mol. The normalized spacial score (nSPS) is 13.2. The third-order valence-electron chi connectivity index (χ3n) is 2.38. The van der Waals surface area contributed by atoms with Gasteiger partial charge in [-0.15, -0.1) is 22.7 Å². The van der Waals surface area contributed by atoms with Crippen molar-refractivity contribution in [3.63, 3.8) is 0 Å². The molecule has 1 atom stereocenters. The molecule has 108 valence electrons. The zero-order valence-electron chi connectivity index (χ0n) is 10.4. The number of hydrogen-bond acceptors (Lipinski definition) is 6. The lowest BCUT2D eigenvalue weighted by Gasteiger charge is -2.10. The Balaban J connectivity index is 2.14. The van der Waals surface area contributed by atoms with Crippen LogP contribution in [0.3, 0.4) is 0 Å². The maximum Gasteiger partial charge on any atom is 0.308 e. The molecule has 20 heavy (non-hydrogen) atoms. The quantitative estimate of drug-likeness (QED) is 0.842. The Morgan fingerprint density at radius 3 is 2.85 bits per heavy atom. The molecule has 6 nitrogen and oxygen atoms in total. The molecule has 0 aromatic carbocycles. The van der Waals surface area contributed by atoms with Gasteiger partial charge in [0.1, 0.15) is 9.22 Å². The fourth-order valence-corrected chi connectivity index (χ4v) is 4.83. The number of nitrogens with one attached hydrogen (secondary N) is 1. The smallest absolute Gasteiger partial charge is 0.308 e. The van der Waals surface area contributed by atoms with Crippen LogP contribution in [0, 0.1) is 0 Å². The molecule has 0 saturated carbocycles. The van der Waals surface area contributed by atoms with Gasteiger partial charge < -0.3 is 5.11 Å². The average Bonchev–Trinajstić information content (AvgIpc) is 2.97. The third kappa shape index (κ3) is 3.63. The minimum atomic E-state index is -3.66. The number of carboxylic acid groups (broad SMARTS) is 1. The number of thiophene rings is 1. The van der Waals surface area contributed by atoms with E-state index in [-0.39, 0.29) is 10.6 Å². The van der Waals surface area contributed by atoms with Crippen molar-refractivity contribution in [1.29, 1.82) is 0 Å². The first kappa shape index (κ1) is 15.1. The molecule has 9 heteroatoms. The summed E-state index contributed by atoms with van der Waals surface area (Å²) in [4.78, 5) is 15.2. The number of carbonyl (C=O) groups is 1. The van der Waals surface area contributed by atoms with Crippen LogP contribution in [0.4, 0.5) is 0 Å². The lowest BCUT2D eigenvalue weighted by molar-refractivity contribution is -0.136. The van der Waals surface area contributed by atoms with Gasteiger partial charge in [-0.2, -0.15) is 0 Å². The highest BCUT2D eigenvalue weighted by molar-refractivity contribution is 7.91. The van der Waals surface area contributed by atoms with E-state index in [0.717, 1.165) is 11.3 Å². The van der Waals surface area contributed by atoms with E-state index in [0.29, 0.717) is 9.88 Å². The predicted octanol–water partition coefficient (Wildman–Crippen LogP) is 1.87. The SMILES string of the molecule is CC(NS(=O)(=O)c1ccc(CC(=O)O)s1)c1nccs1. The number of sulfonamides is 1. The molecule has 2 heterocycles. The van der Waals surface area contributed by atoms with Crippen LogP contribution in [0.1, 0.15) is 22.9 Å². The second-order valence-electron chi connectivity index (χ2n) is 4.00. The van der Waals surface area contributed by atoms with E-state index in [4.69, 9.17) is 5.11 Å². The molecule has 0 aliphatic rings. The van der Waals surface area contributed by atoms with Crippen LogP contribution in [-0.4, -0.2) is 24.5 Å². The Morgan fingerprint density at radius 1 is 1.50 bits per heavy atom. The van der Waals surface area contributed by atoms with E-state index in [9.17, 15) is 13.2 Å². The van der Waals surface area contributed by atoms with Crippen molar-refractivity contribution >= 4 is 38.7 Å². The first-order valence-electron chi connectivity index (χ1n) is 5.61. The van der Waals surface area contributed by atoms with Crippen molar-refractivity contribution in [2.24, 2.45) is 0 Å². The van der Waals surface area contributed by atoms with Crippen molar-refractivity contribution in [1.82, 2.24) is 9.71 Å². The van der Waals surface area contributed by atoms with Gasteiger partial charge in [0.25, 0.3) is 10.0 Å². The van der Waals surface area contributed by atoms with Crippen LogP contribution < -0.4 is 4.72 Å². The van der Waals surface area contributed by atoms with Crippen LogP contribution in [0.25, 0.3) is 0 Å². The monoisotopic (exact) mass is 332 g/mol. The van der Waals surface area contributed by atoms with E-state index < -0.39 is 22.0 Å². The highest BCUT2D eigenvalue weighted by Crippen LogP contribution is 2.24. The highest BCUT2D eigenvalue weighted by Gasteiger charge is 2.21. The Hall–Kier alpha value is -1.29. The summed E-state index contributed by atoms with van der Waals surface area (Å²) < 4.78 is 27.0. The molecule has 0 amide bonds. The number of rotatable bonds is 6. The minimum absolute atomic E-state index is 0.108. The van der Waals surface area contributed by atoms with E-state index in [1.165, 1.54) is 23.5 Å². The second-order valence-corrected chi connectivity index (χ2v) is 8.04. The first-order chi connectivity index (χ1) is 9.38. The number of thiazole rings is 1. The second kappa shape index (κ2) is 6.00. The summed E-state index contributed by atoms with van der Waals surface area (Å²) in [5.74, 6) is -0.986. The Labute approximate surface area is 124 Å². The Bertz CT molecular complexity index is 691. The maximum atomic E-state index is 12.2. The van der Waals surface area contributed by atoms with Gasteiger partial charge >= 0.3 is 5.97 Å². The molecule has 0 radical (unpaired) electrons. The van der Waals surface area contributed by atoms with E-state index >= 15 is 0 Å². The van der Waals surface area contributed by atoms with Crippen LogP contribution in [0.15, 0.2) is 27.9 Å². The van der Waals surface area contributed by atoms with Gasteiger partial charge in [0.15, 0.2) is 0 Å². The standard InChI is InChI=1S/C11H12N2O4S3/c1-7(11-12-4-5-18-11)13-20(16,17)10-3-2-8(19-10)6-9(14)15/h2-5,7,13H,6H2,1H3,(H,14,15). The van der Waals surface area contributed by atoms with E-state index in [1.54, 1.807) is 18.5 Å². The third-order valence-corrected chi connectivity index (χ3v) is 6.46. The van der Waals surface area contributed by atoms with Gasteiger partial charge in [0.2, 0.25) is 0 Å².